The van der Waals surface area contributed by atoms with E-state index in [-0.39, 0.29) is 0 Å². The quantitative estimate of drug-likeness (QED) is 0.676. The zero-order valence-corrected chi connectivity index (χ0v) is 11.4. The number of hydrogen-bond donors (Lipinski definition) is 0. The maximum Gasteiger partial charge on any atom is 0.354 e. The molecule has 0 aliphatic heterocycles. The van der Waals surface area contributed by atoms with Crippen molar-refractivity contribution in [1.29, 1.82) is 0 Å². The molecule has 70 valence electrons. The molecule has 0 aromatic carbocycles. The summed E-state index contributed by atoms with van der Waals surface area (Å²) in [6, 6.07) is 6.03. The second-order valence-electron chi connectivity index (χ2n) is 2.62. The molecule has 3 nitrogen and oxygen atoms in total. The van der Waals surface area contributed by atoms with Crippen LogP contribution in [-0.2, 0) is 0 Å². The minimum Gasteiger partial charge on any atom is -0.244 e. The summed E-state index contributed by atoms with van der Waals surface area (Å²) in [6.07, 6.45) is 5.38. The van der Waals surface area contributed by atoms with Crippen LogP contribution in [0.2, 0.25) is 0 Å². The van der Waals surface area contributed by atoms with E-state index in [1.54, 1.807) is 6.33 Å². The van der Waals surface area contributed by atoms with E-state index in [0.717, 1.165) is 15.0 Å². The lowest BCUT2D eigenvalue weighted by molar-refractivity contribution is -0.427. The van der Waals surface area contributed by atoms with Gasteiger partial charge in [-0.05, 0) is 28.7 Å². The molecule has 0 saturated carbocycles. The first-order valence-corrected chi connectivity index (χ1v) is 5.96. The minimum atomic E-state index is 0.968. The normalized spacial score (nSPS) is 10.1. The van der Waals surface area contributed by atoms with Gasteiger partial charge in [0.05, 0.1) is 3.57 Å². The van der Waals surface area contributed by atoms with Gasteiger partial charge in [0.1, 0.15) is 6.33 Å². The Bertz CT molecular complexity index is 416. The zero-order chi connectivity index (χ0) is 9.97. The van der Waals surface area contributed by atoms with Crippen LogP contribution in [0.15, 0.2) is 36.9 Å². The van der Waals surface area contributed by atoms with Crippen LogP contribution in [-0.4, -0.2) is 9.97 Å². The van der Waals surface area contributed by atoms with Crippen molar-refractivity contribution < 1.29 is 2.78 Å². The van der Waals surface area contributed by atoms with Crippen LogP contribution in [0, 0.1) is 3.57 Å². The molecule has 2 aromatic rings. The molecule has 0 spiro atoms. The molecular formula is C9H6I2N3+. The lowest BCUT2D eigenvalue weighted by Gasteiger charge is -1.98. The number of rotatable bonds is 1. The van der Waals surface area contributed by atoms with Crippen LogP contribution < -0.4 is 2.78 Å². The molecule has 0 aliphatic rings. The molecule has 0 bridgehead atoms. The third kappa shape index (κ3) is 2.02. The molecule has 2 aromatic heterocycles. The van der Waals surface area contributed by atoms with Crippen molar-refractivity contribution in [3.8, 4) is 11.4 Å². The summed E-state index contributed by atoms with van der Waals surface area (Å²) in [5.74, 6) is 0. The van der Waals surface area contributed by atoms with E-state index >= 15 is 0 Å². The number of halogens is 2. The summed E-state index contributed by atoms with van der Waals surface area (Å²) >= 11 is 4.47. The van der Waals surface area contributed by atoms with Crippen LogP contribution in [0.25, 0.3) is 11.4 Å². The average Bonchev–Trinajstić information content (AvgIpc) is 2.20. The van der Waals surface area contributed by atoms with E-state index in [9.17, 15) is 0 Å². The fourth-order valence-corrected chi connectivity index (χ4v) is 2.26. The molecule has 0 radical (unpaired) electrons. The second-order valence-corrected chi connectivity index (χ2v) is 4.82. The first-order chi connectivity index (χ1) is 6.79. The van der Waals surface area contributed by atoms with Crippen molar-refractivity contribution in [2.24, 2.45) is 0 Å². The second kappa shape index (κ2) is 4.47. The van der Waals surface area contributed by atoms with Crippen LogP contribution in [0.4, 0.5) is 0 Å². The lowest BCUT2D eigenvalue weighted by Crippen LogP contribution is -2.22. The first kappa shape index (κ1) is 10.2. The van der Waals surface area contributed by atoms with Crippen LogP contribution in [0.1, 0.15) is 0 Å². The van der Waals surface area contributed by atoms with Gasteiger partial charge in [-0.25, -0.2) is 9.97 Å². The first-order valence-electron chi connectivity index (χ1n) is 3.92. The van der Waals surface area contributed by atoms with Gasteiger partial charge in [-0.15, -0.1) is 2.78 Å². The number of pyridine rings is 1. The monoisotopic (exact) mass is 410 g/mol. The topological polar surface area (TPSA) is 29.7 Å². The Morgan fingerprint density at radius 3 is 2.86 bits per heavy atom. The maximum absolute atomic E-state index is 4.27. The molecule has 0 aliphatic carbocycles. The number of aromatic nitrogens is 3. The van der Waals surface area contributed by atoms with Crippen LogP contribution in [0.3, 0.4) is 0 Å². The Kier molecular flexibility index (Phi) is 3.26. The lowest BCUT2D eigenvalue weighted by atomic mass is 10.3. The SMILES string of the molecule is Ic1cncnc1-c1cccc[n+]1I. The summed E-state index contributed by atoms with van der Waals surface area (Å²) in [6.45, 7) is 0. The summed E-state index contributed by atoms with van der Waals surface area (Å²) < 4.78 is 3.07. The highest BCUT2D eigenvalue weighted by molar-refractivity contribution is 14.1. The van der Waals surface area contributed by atoms with Gasteiger partial charge in [-0.2, -0.15) is 0 Å². The number of hydrogen-bond acceptors (Lipinski definition) is 2. The molecule has 0 atom stereocenters. The molecule has 0 saturated heterocycles. The largest absolute Gasteiger partial charge is 0.354 e. The molecular weight excluding hydrogens is 404 g/mol. The molecule has 2 heterocycles. The van der Waals surface area contributed by atoms with Crippen molar-refractivity contribution in [2.45, 2.75) is 0 Å². The smallest absolute Gasteiger partial charge is 0.244 e. The van der Waals surface area contributed by atoms with Gasteiger partial charge in [-0.3, -0.25) is 0 Å². The molecule has 5 heteroatoms. The maximum atomic E-state index is 4.27. The van der Waals surface area contributed by atoms with Gasteiger partial charge in [0.2, 0.25) is 5.69 Å². The van der Waals surface area contributed by atoms with Gasteiger partial charge in [0.15, 0.2) is 11.9 Å². The highest BCUT2D eigenvalue weighted by Gasteiger charge is 2.14. The Labute approximate surface area is 109 Å². The zero-order valence-electron chi connectivity index (χ0n) is 7.06. The van der Waals surface area contributed by atoms with E-state index in [4.69, 9.17) is 0 Å². The van der Waals surface area contributed by atoms with Gasteiger partial charge < -0.3 is 0 Å². The third-order valence-corrected chi connectivity index (χ3v) is 3.35. The average molecular weight is 410 g/mol. The van der Waals surface area contributed by atoms with Crippen LogP contribution >= 0.6 is 45.5 Å². The van der Waals surface area contributed by atoms with E-state index in [0.29, 0.717) is 0 Å². The standard InChI is InChI=1S/C9H6I2N3/c10-7-5-12-6-13-9(7)8-3-1-2-4-14(8)11/h1-6H/q+1. The summed E-state index contributed by atoms with van der Waals surface area (Å²) in [5.41, 5.74) is 2.05. The Morgan fingerprint density at radius 2 is 2.14 bits per heavy atom. The van der Waals surface area contributed by atoms with Crippen molar-refractivity contribution in [1.82, 2.24) is 9.97 Å². The summed E-state index contributed by atoms with van der Waals surface area (Å²) in [7, 11) is 0. The molecule has 0 fully saturated rings. The molecule has 0 N–H and O–H groups in total. The van der Waals surface area contributed by atoms with E-state index < -0.39 is 0 Å². The van der Waals surface area contributed by atoms with Crippen molar-refractivity contribution in [2.75, 3.05) is 0 Å². The highest BCUT2D eigenvalue weighted by atomic mass is 127. The minimum absolute atomic E-state index is 0.968. The molecule has 14 heavy (non-hydrogen) atoms. The molecule has 0 unspecified atom stereocenters. The fraction of sp³-hybridized carbons (Fsp3) is 0. The summed E-state index contributed by atoms with van der Waals surface area (Å²) in [5, 5.41) is 0. The number of nitrogens with zero attached hydrogens (tertiary/aromatic N) is 3. The predicted octanol–water partition coefficient (Wildman–Crippen LogP) is 2.23. The predicted molar refractivity (Wildman–Crippen MR) is 69.8 cm³/mol. The van der Waals surface area contributed by atoms with Crippen molar-refractivity contribution in [3.63, 3.8) is 0 Å². The summed E-state index contributed by atoms with van der Waals surface area (Å²) in [4.78, 5) is 8.23. The Hall–Kier alpha value is -0.310. The highest BCUT2D eigenvalue weighted by Crippen LogP contribution is 2.18. The van der Waals surface area contributed by atoms with Gasteiger partial charge in [0.25, 0.3) is 0 Å². The van der Waals surface area contributed by atoms with E-state index in [2.05, 4.69) is 55.4 Å². The Morgan fingerprint density at radius 1 is 1.29 bits per heavy atom. The van der Waals surface area contributed by atoms with Gasteiger partial charge in [-0.1, -0.05) is 0 Å². The fourth-order valence-electron chi connectivity index (χ4n) is 1.10. The third-order valence-electron chi connectivity index (χ3n) is 1.72. The molecule has 0 amide bonds. The molecule has 2 rings (SSSR count). The Balaban J connectivity index is 2.61. The van der Waals surface area contributed by atoms with Crippen molar-refractivity contribution in [3.05, 3.63) is 40.5 Å². The van der Waals surface area contributed by atoms with E-state index in [1.807, 2.05) is 33.4 Å². The van der Waals surface area contributed by atoms with E-state index in [1.165, 1.54) is 0 Å². The van der Waals surface area contributed by atoms with Gasteiger partial charge in [0, 0.05) is 18.3 Å². The van der Waals surface area contributed by atoms with Gasteiger partial charge >= 0.3 is 22.9 Å². The van der Waals surface area contributed by atoms with Crippen molar-refractivity contribution >= 4 is 45.5 Å². The van der Waals surface area contributed by atoms with Crippen LogP contribution in [0.5, 0.6) is 0 Å².